The molecule has 0 fully saturated rings. The lowest BCUT2D eigenvalue weighted by Gasteiger charge is -2.21. The number of nitrogens with one attached hydrogen (secondary N) is 2. The van der Waals surface area contributed by atoms with Crippen molar-refractivity contribution in [1.82, 2.24) is 0 Å². The fourth-order valence-corrected chi connectivity index (χ4v) is 2.93. The molecule has 2 atom stereocenters. The topological polar surface area (TPSA) is 33.5 Å². The van der Waals surface area contributed by atoms with Gasteiger partial charge in [-0.3, -0.25) is 4.79 Å². The predicted molar refractivity (Wildman–Crippen MR) is 93.5 cm³/mol. The highest BCUT2D eigenvalue weighted by atomic mass is 32.2. The molecule has 1 amide bonds. The van der Waals surface area contributed by atoms with Gasteiger partial charge in [-0.05, 0) is 25.3 Å². The Hall–Kier alpha value is -1.78. The van der Waals surface area contributed by atoms with Crippen LogP contribution < -0.4 is 10.2 Å². The van der Waals surface area contributed by atoms with Gasteiger partial charge in [0.25, 0.3) is 5.91 Å². The second kappa shape index (κ2) is 8.01. The maximum absolute atomic E-state index is 12.3. The van der Waals surface area contributed by atoms with Crippen LogP contribution in [-0.4, -0.2) is 25.8 Å². The molecule has 4 heteroatoms. The van der Waals surface area contributed by atoms with Crippen molar-refractivity contribution in [3.63, 3.8) is 0 Å². The third-order valence-corrected chi connectivity index (χ3v) is 4.66. The van der Waals surface area contributed by atoms with Crippen molar-refractivity contribution in [2.24, 2.45) is 0 Å². The molecule has 2 aromatic carbocycles. The monoisotopic (exact) mass is 315 g/mol. The molecule has 0 aliphatic rings. The van der Waals surface area contributed by atoms with Crippen LogP contribution in [0.2, 0.25) is 0 Å². The number of benzene rings is 2. The Labute approximate surface area is 136 Å². The van der Waals surface area contributed by atoms with E-state index in [1.54, 1.807) is 11.8 Å². The lowest BCUT2D eigenvalue weighted by atomic mass is 10.1. The number of amides is 1. The molecule has 0 bridgehead atoms. The van der Waals surface area contributed by atoms with Gasteiger partial charge in [0.05, 0.1) is 12.7 Å². The highest BCUT2D eigenvalue weighted by molar-refractivity contribution is 7.98. The molecule has 1 unspecified atom stereocenters. The van der Waals surface area contributed by atoms with Crippen molar-refractivity contribution >= 4 is 23.4 Å². The molecule has 0 aromatic heterocycles. The van der Waals surface area contributed by atoms with E-state index in [-0.39, 0.29) is 11.9 Å². The fourth-order valence-electron chi connectivity index (χ4n) is 2.37. The van der Waals surface area contributed by atoms with Gasteiger partial charge in [-0.1, -0.05) is 42.5 Å². The Balaban J connectivity index is 1.97. The molecule has 2 rings (SSSR count). The number of para-hydroxylation sites is 1. The fraction of sp³-hybridized carbons (Fsp3) is 0.278. The Kier molecular flexibility index (Phi) is 6.04. The van der Waals surface area contributed by atoms with Crippen LogP contribution >= 0.6 is 11.8 Å². The van der Waals surface area contributed by atoms with Crippen molar-refractivity contribution in [3.8, 4) is 0 Å². The number of quaternary nitrogens is 1. The van der Waals surface area contributed by atoms with E-state index in [0.29, 0.717) is 6.54 Å². The van der Waals surface area contributed by atoms with Gasteiger partial charge in [0, 0.05) is 10.5 Å². The van der Waals surface area contributed by atoms with Crippen molar-refractivity contribution in [2.45, 2.75) is 17.9 Å². The van der Waals surface area contributed by atoms with E-state index in [2.05, 4.69) is 31.4 Å². The number of hydrogen-bond acceptors (Lipinski definition) is 2. The molecule has 0 heterocycles. The average molecular weight is 315 g/mol. The summed E-state index contributed by atoms with van der Waals surface area (Å²) in [6, 6.07) is 18.5. The summed E-state index contributed by atoms with van der Waals surface area (Å²) in [6.45, 7) is 2.59. The second-order valence-electron chi connectivity index (χ2n) is 5.40. The van der Waals surface area contributed by atoms with Crippen LogP contribution in [0.15, 0.2) is 59.5 Å². The number of hydrogen-bond donors (Lipinski definition) is 2. The number of rotatable bonds is 6. The number of carbonyl (C=O) groups is 1. The molecule has 0 saturated heterocycles. The summed E-state index contributed by atoms with van der Waals surface area (Å²) >= 11 is 1.64. The summed E-state index contributed by atoms with van der Waals surface area (Å²) in [7, 11) is 2.05. The van der Waals surface area contributed by atoms with Gasteiger partial charge in [0.2, 0.25) is 0 Å². The number of thioether (sulfide) groups is 1. The van der Waals surface area contributed by atoms with Gasteiger partial charge in [0.15, 0.2) is 6.54 Å². The smallest absolute Gasteiger partial charge is 0.279 e. The molecule has 2 N–H and O–H groups in total. The zero-order chi connectivity index (χ0) is 15.9. The summed E-state index contributed by atoms with van der Waals surface area (Å²) in [6.07, 6.45) is 2.01. The van der Waals surface area contributed by atoms with Crippen molar-refractivity contribution in [3.05, 3.63) is 60.2 Å². The predicted octanol–water partition coefficient (Wildman–Crippen LogP) is 2.62. The first-order valence-electron chi connectivity index (χ1n) is 7.42. The third-order valence-electron chi connectivity index (χ3n) is 3.86. The maximum atomic E-state index is 12.3. The largest absolute Gasteiger partial charge is 0.324 e. The second-order valence-corrected chi connectivity index (χ2v) is 6.25. The molecular weight excluding hydrogens is 292 g/mol. The van der Waals surface area contributed by atoms with Crippen molar-refractivity contribution in [1.29, 1.82) is 0 Å². The summed E-state index contributed by atoms with van der Waals surface area (Å²) < 4.78 is 0. The number of anilines is 1. The molecule has 0 saturated carbocycles. The van der Waals surface area contributed by atoms with E-state index in [4.69, 9.17) is 0 Å². The molecule has 2 aromatic rings. The van der Waals surface area contributed by atoms with Crippen molar-refractivity contribution < 1.29 is 9.69 Å². The van der Waals surface area contributed by atoms with Gasteiger partial charge >= 0.3 is 0 Å². The minimum absolute atomic E-state index is 0.0433. The maximum Gasteiger partial charge on any atom is 0.279 e. The molecule has 3 nitrogen and oxygen atoms in total. The first kappa shape index (κ1) is 16.6. The van der Waals surface area contributed by atoms with Crippen LogP contribution in [0.3, 0.4) is 0 Å². The lowest BCUT2D eigenvalue weighted by molar-refractivity contribution is -0.902. The summed E-state index contributed by atoms with van der Waals surface area (Å²) in [5.74, 6) is 0.0433. The Morgan fingerprint density at radius 3 is 2.45 bits per heavy atom. The molecule has 116 valence electrons. The highest BCUT2D eigenvalue weighted by Gasteiger charge is 2.18. The van der Waals surface area contributed by atoms with Crippen LogP contribution in [0.25, 0.3) is 0 Å². The quantitative estimate of drug-likeness (QED) is 0.804. The van der Waals surface area contributed by atoms with E-state index >= 15 is 0 Å². The minimum atomic E-state index is 0.0433. The van der Waals surface area contributed by atoms with Gasteiger partial charge in [0.1, 0.15) is 6.04 Å². The van der Waals surface area contributed by atoms with Gasteiger partial charge in [-0.25, -0.2) is 0 Å². The van der Waals surface area contributed by atoms with Gasteiger partial charge in [-0.2, -0.15) is 0 Å². The Morgan fingerprint density at radius 1 is 1.14 bits per heavy atom. The van der Waals surface area contributed by atoms with Crippen LogP contribution in [0.4, 0.5) is 5.69 Å². The van der Waals surface area contributed by atoms with E-state index < -0.39 is 0 Å². The average Bonchev–Trinajstić information content (AvgIpc) is 2.55. The standard InChI is InChI=1S/C18H22N2OS/c1-14(15-9-5-4-6-10-15)20(2)13-18(21)19-16-11-7-8-12-17(16)22-3/h4-12,14H,13H2,1-3H3,(H,19,21)/p+1/t14-/m0/s1. The molecule has 0 aliphatic heterocycles. The zero-order valence-electron chi connectivity index (χ0n) is 13.3. The molecule has 0 aliphatic carbocycles. The van der Waals surface area contributed by atoms with Gasteiger partial charge in [-0.15, -0.1) is 11.8 Å². The van der Waals surface area contributed by atoms with Crippen LogP contribution in [0, 0.1) is 0 Å². The van der Waals surface area contributed by atoms with E-state index in [0.717, 1.165) is 10.6 Å². The van der Waals surface area contributed by atoms with Gasteiger partial charge < -0.3 is 10.2 Å². The summed E-state index contributed by atoms with van der Waals surface area (Å²) in [4.78, 5) is 14.5. The molecule has 0 radical (unpaired) electrons. The highest BCUT2D eigenvalue weighted by Crippen LogP contribution is 2.24. The normalized spacial score (nSPS) is 13.4. The number of likely N-dealkylation sites (N-methyl/N-ethyl adjacent to an activating group) is 1. The summed E-state index contributed by atoms with van der Waals surface area (Å²) in [5, 5.41) is 3.02. The first-order chi connectivity index (χ1) is 10.6. The molecular formula is C18H23N2OS+. The molecule has 0 spiro atoms. The SMILES string of the molecule is CSc1ccccc1NC(=O)C[NH+](C)[C@@H](C)c1ccccc1. The third kappa shape index (κ3) is 4.36. The van der Waals surface area contributed by atoms with E-state index in [1.807, 2.05) is 48.7 Å². The van der Waals surface area contributed by atoms with Crippen LogP contribution in [0.5, 0.6) is 0 Å². The van der Waals surface area contributed by atoms with Crippen molar-refractivity contribution in [2.75, 3.05) is 25.2 Å². The number of carbonyl (C=O) groups excluding carboxylic acids is 1. The van der Waals surface area contributed by atoms with E-state index in [1.165, 1.54) is 10.5 Å². The Bertz CT molecular complexity index is 615. The Morgan fingerprint density at radius 2 is 1.77 bits per heavy atom. The first-order valence-corrected chi connectivity index (χ1v) is 8.64. The molecule has 22 heavy (non-hydrogen) atoms. The summed E-state index contributed by atoms with van der Waals surface area (Å²) in [5.41, 5.74) is 2.14. The zero-order valence-corrected chi connectivity index (χ0v) is 14.1. The van der Waals surface area contributed by atoms with Crippen LogP contribution in [-0.2, 0) is 4.79 Å². The van der Waals surface area contributed by atoms with Crippen LogP contribution in [0.1, 0.15) is 18.5 Å². The lowest BCUT2D eigenvalue weighted by Crippen LogP contribution is -3.10. The minimum Gasteiger partial charge on any atom is -0.324 e. The van der Waals surface area contributed by atoms with E-state index in [9.17, 15) is 4.79 Å².